The van der Waals surface area contributed by atoms with Crippen molar-refractivity contribution in [1.29, 1.82) is 0 Å². The van der Waals surface area contributed by atoms with Crippen molar-refractivity contribution in [1.82, 2.24) is 15.1 Å². The first-order valence-electron chi connectivity index (χ1n) is 9.75. The molecular formula is C22H19ClF3N3O2. The van der Waals surface area contributed by atoms with Crippen LogP contribution in [0.25, 0.3) is 16.9 Å². The summed E-state index contributed by atoms with van der Waals surface area (Å²) in [5, 5.41) is 16.7. The Balaban J connectivity index is 1.67. The third kappa shape index (κ3) is 4.45. The van der Waals surface area contributed by atoms with Crippen LogP contribution in [0.4, 0.5) is 13.2 Å². The molecule has 5 nitrogen and oxygen atoms in total. The van der Waals surface area contributed by atoms with Crippen LogP contribution in [0, 0.1) is 0 Å². The van der Waals surface area contributed by atoms with E-state index >= 15 is 0 Å². The molecule has 1 fully saturated rings. The van der Waals surface area contributed by atoms with Gasteiger partial charge in [-0.25, -0.2) is 4.68 Å². The van der Waals surface area contributed by atoms with Crippen molar-refractivity contribution in [3.8, 4) is 16.9 Å². The van der Waals surface area contributed by atoms with Crippen molar-refractivity contribution in [2.75, 3.05) is 0 Å². The summed E-state index contributed by atoms with van der Waals surface area (Å²) >= 11 is 6.19. The SMILES string of the molecule is O=C(NC1CCCC1O)c1ccc(-c2cc(C(F)(F)F)nn2-c2ccccc2Cl)cc1. The van der Waals surface area contributed by atoms with Crippen LogP contribution in [0.2, 0.25) is 5.02 Å². The van der Waals surface area contributed by atoms with Crippen LogP contribution >= 0.6 is 11.6 Å². The Morgan fingerprint density at radius 1 is 1.13 bits per heavy atom. The van der Waals surface area contributed by atoms with Gasteiger partial charge in [-0.2, -0.15) is 18.3 Å². The summed E-state index contributed by atoms with van der Waals surface area (Å²) in [6.45, 7) is 0. The Kier molecular flexibility index (Phi) is 5.77. The molecule has 1 amide bonds. The molecule has 2 atom stereocenters. The lowest BCUT2D eigenvalue weighted by Gasteiger charge is -2.16. The summed E-state index contributed by atoms with van der Waals surface area (Å²) in [5.41, 5.74) is 0.257. The lowest BCUT2D eigenvalue weighted by Crippen LogP contribution is -2.39. The summed E-state index contributed by atoms with van der Waals surface area (Å²) in [6, 6.07) is 13.3. The maximum Gasteiger partial charge on any atom is 0.435 e. The van der Waals surface area contributed by atoms with Gasteiger partial charge in [0, 0.05) is 11.1 Å². The van der Waals surface area contributed by atoms with E-state index in [-0.39, 0.29) is 22.7 Å². The highest BCUT2D eigenvalue weighted by Gasteiger charge is 2.35. The Hall–Kier alpha value is -2.84. The second-order valence-electron chi connectivity index (χ2n) is 7.43. The van der Waals surface area contributed by atoms with Gasteiger partial charge < -0.3 is 10.4 Å². The molecule has 1 saturated carbocycles. The minimum atomic E-state index is -4.62. The largest absolute Gasteiger partial charge is 0.435 e. The molecule has 0 radical (unpaired) electrons. The number of para-hydroxylation sites is 1. The standard InChI is InChI=1S/C22H19ClF3N3O2/c23-15-4-1-2-6-17(15)29-18(12-20(28-29)22(24,25)26)13-8-10-14(11-9-13)21(31)27-16-5-3-7-19(16)30/h1-2,4,6,8-12,16,19,30H,3,5,7H2,(H,27,31). The predicted molar refractivity (Wildman–Crippen MR) is 110 cm³/mol. The van der Waals surface area contributed by atoms with Crippen LogP contribution in [-0.4, -0.2) is 32.9 Å². The average molecular weight is 450 g/mol. The molecule has 0 saturated heterocycles. The fraction of sp³-hybridized carbons (Fsp3) is 0.273. The summed E-state index contributed by atoms with van der Waals surface area (Å²) in [5.74, 6) is -0.340. The topological polar surface area (TPSA) is 67.2 Å². The van der Waals surface area contributed by atoms with E-state index in [1.807, 2.05) is 0 Å². The molecule has 1 aliphatic rings. The van der Waals surface area contributed by atoms with Crippen molar-refractivity contribution in [2.24, 2.45) is 0 Å². The fourth-order valence-corrected chi connectivity index (χ4v) is 3.90. The molecule has 9 heteroatoms. The number of aromatic nitrogens is 2. The van der Waals surface area contributed by atoms with Crippen LogP contribution in [0.3, 0.4) is 0 Å². The zero-order valence-electron chi connectivity index (χ0n) is 16.2. The lowest BCUT2D eigenvalue weighted by molar-refractivity contribution is -0.141. The normalized spacial score (nSPS) is 18.9. The molecule has 0 spiro atoms. The number of carbonyl (C=O) groups is 1. The first-order chi connectivity index (χ1) is 14.7. The Bertz CT molecular complexity index is 1100. The maximum absolute atomic E-state index is 13.3. The summed E-state index contributed by atoms with van der Waals surface area (Å²) in [6.07, 6.45) is -2.98. The van der Waals surface area contributed by atoms with Gasteiger partial charge in [-0.1, -0.05) is 35.9 Å². The number of aliphatic hydroxyl groups excluding tert-OH is 1. The van der Waals surface area contributed by atoms with Gasteiger partial charge in [-0.3, -0.25) is 4.79 Å². The van der Waals surface area contributed by atoms with E-state index in [0.717, 1.165) is 17.2 Å². The molecular weight excluding hydrogens is 431 g/mol. The first kappa shape index (κ1) is 21.4. The molecule has 3 aromatic rings. The average Bonchev–Trinajstić information content (AvgIpc) is 3.35. The third-order valence-electron chi connectivity index (χ3n) is 5.32. The Morgan fingerprint density at radius 3 is 2.45 bits per heavy atom. The van der Waals surface area contributed by atoms with Gasteiger partial charge in [0.25, 0.3) is 5.91 Å². The molecule has 1 heterocycles. The highest BCUT2D eigenvalue weighted by Crippen LogP contribution is 2.34. The first-order valence-corrected chi connectivity index (χ1v) is 10.1. The summed E-state index contributed by atoms with van der Waals surface area (Å²) < 4.78 is 41.1. The Morgan fingerprint density at radius 2 is 1.84 bits per heavy atom. The van der Waals surface area contributed by atoms with E-state index in [9.17, 15) is 23.1 Å². The second-order valence-corrected chi connectivity index (χ2v) is 7.84. The number of benzene rings is 2. The van der Waals surface area contributed by atoms with Gasteiger partial charge in [-0.15, -0.1) is 0 Å². The van der Waals surface area contributed by atoms with E-state index in [2.05, 4.69) is 10.4 Å². The van der Waals surface area contributed by atoms with Gasteiger partial charge in [0.1, 0.15) is 0 Å². The molecule has 2 aromatic carbocycles. The predicted octanol–water partition coefficient (Wildman–Crippen LogP) is 4.85. The number of aliphatic hydroxyl groups is 1. The van der Waals surface area contributed by atoms with Crippen molar-refractivity contribution >= 4 is 17.5 Å². The number of nitrogens with zero attached hydrogens (tertiary/aromatic N) is 2. The maximum atomic E-state index is 13.3. The number of nitrogens with one attached hydrogen (secondary N) is 1. The van der Waals surface area contributed by atoms with Crippen LogP contribution in [0.1, 0.15) is 35.3 Å². The van der Waals surface area contributed by atoms with Crippen molar-refractivity contribution in [3.63, 3.8) is 0 Å². The number of amides is 1. The van der Waals surface area contributed by atoms with Crippen LogP contribution in [0.15, 0.2) is 54.6 Å². The monoisotopic (exact) mass is 449 g/mol. The van der Waals surface area contributed by atoms with Gasteiger partial charge in [0.2, 0.25) is 0 Å². The molecule has 2 unspecified atom stereocenters. The number of alkyl halides is 3. The zero-order chi connectivity index (χ0) is 22.2. The molecule has 0 aliphatic heterocycles. The quantitative estimate of drug-likeness (QED) is 0.598. The molecule has 2 N–H and O–H groups in total. The molecule has 162 valence electrons. The minimum absolute atomic E-state index is 0.193. The van der Waals surface area contributed by atoms with E-state index in [1.54, 1.807) is 36.4 Å². The highest BCUT2D eigenvalue weighted by atomic mass is 35.5. The fourth-order valence-electron chi connectivity index (χ4n) is 3.69. The van der Waals surface area contributed by atoms with Gasteiger partial charge in [0.05, 0.1) is 28.5 Å². The van der Waals surface area contributed by atoms with Crippen molar-refractivity contribution in [3.05, 3.63) is 70.9 Å². The van der Waals surface area contributed by atoms with Crippen LogP contribution < -0.4 is 5.32 Å². The van der Waals surface area contributed by atoms with Crippen molar-refractivity contribution in [2.45, 2.75) is 37.6 Å². The number of rotatable bonds is 4. The molecule has 4 rings (SSSR count). The highest BCUT2D eigenvalue weighted by molar-refractivity contribution is 6.32. The number of halogens is 4. The van der Waals surface area contributed by atoms with Gasteiger partial charge in [0.15, 0.2) is 5.69 Å². The van der Waals surface area contributed by atoms with Gasteiger partial charge >= 0.3 is 6.18 Å². The Labute approximate surface area is 181 Å². The summed E-state index contributed by atoms with van der Waals surface area (Å²) in [7, 11) is 0. The van der Waals surface area contributed by atoms with Crippen molar-refractivity contribution < 1.29 is 23.1 Å². The number of carbonyl (C=O) groups excluding carboxylic acids is 1. The number of hydrogen-bond acceptors (Lipinski definition) is 3. The minimum Gasteiger partial charge on any atom is -0.391 e. The van der Waals surface area contributed by atoms with E-state index in [0.29, 0.717) is 29.7 Å². The molecule has 31 heavy (non-hydrogen) atoms. The molecule has 1 aromatic heterocycles. The lowest BCUT2D eigenvalue weighted by atomic mass is 10.1. The third-order valence-corrected chi connectivity index (χ3v) is 5.64. The van der Waals surface area contributed by atoms with Crippen LogP contribution in [-0.2, 0) is 6.18 Å². The number of hydrogen-bond donors (Lipinski definition) is 2. The van der Waals surface area contributed by atoms with E-state index < -0.39 is 18.0 Å². The second kappa shape index (κ2) is 8.36. The van der Waals surface area contributed by atoms with E-state index in [1.165, 1.54) is 12.1 Å². The van der Waals surface area contributed by atoms with Gasteiger partial charge in [-0.05, 0) is 49.6 Å². The molecule has 1 aliphatic carbocycles. The summed E-state index contributed by atoms with van der Waals surface area (Å²) in [4.78, 5) is 12.5. The zero-order valence-corrected chi connectivity index (χ0v) is 17.0. The van der Waals surface area contributed by atoms with Crippen LogP contribution in [0.5, 0.6) is 0 Å². The molecule has 0 bridgehead atoms. The van der Waals surface area contributed by atoms with E-state index in [4.69, 9.17) is 11.6 Å². The smallest absolute Gasteiger partial charge is 0.391 e.